The molecule has 0 bridgehead atoms. The van der Waals surface area contributed by atoms with Crippen LogP contribution >= 0.6 is 11.6 Å². The van der Waals surface area contributed by atoms with Crippen LogP contribution in [0.4, 0.5) is 0 Å². The Morgan fingerprint density at radius 1 is 1.03 bits per heavy atom. The minimum Gasteiger partial charge on any atom is -0.488 e. The molecule has 2 heterocycles. The van der Waals surface area contributed by atoms with E-state index in [1.54, 1.807) is 18.4 Å². The number of ether oxygens (including phenoxy) is 1. The van der Waals surface area contributed by atoms with Crippen molar-refractivity contribution in [3.05, 3.63) is 88.8 Å². The van der Waals surface area contributed by atoms with Crippen LogP contribution in [0, 0.1) is 0 Å². The Morgan fingerprint density at radius 3 is 2.58 bits per heavy atom. The Balaban J connectivity index is 1.43. The standard InChI is InChI=1S/C25H27ClN2O3/c26-21-11-4-2-9-19(21)18-31-23-12-5-3-10-20(23)25(29)27-17-22(24-13-8-16-30-24)28-14-6-1-7-15-28/h2-5,8-13,16,22H,1,6-7,14-15,17-18H2,(H,27,29). The van der Waals surface area contributed by atoms with Crippen LogP contribution in [0.2, 0.25) is 5.02 Å². The summed E-state index contributed by atoms with van der Waals surface area (Å²) >= 11 is 6.23. The van der Waals surface area contributed by atoms with Gasteiger partial charge in [0.05, 0.1) is 17.9 Å². The van der Waals surface area contributed by atoms with Crippen molar-refractivity contribution in [2.24, 2.45) is 0 Å². The molecular weight excluding hydrogens is 412 g/mol. The summed E-state index contributed by atoms with van der Waals surface area (Å²) in [6, 6.07) is 18.7. The summed E-state index contributed by atoms with van der Waals surface area (Å²) in [5, 5.41) is 3.73. The zero-order valence-electron chi connectivity index (χ0n) is 17.4. The molecule has 3 aromatic rings. The second-order valence-electron chi connectivity index (χ2n) is 7.71. The molecule has 1 atom stereocenters. The van der Waals surface area contributed by atoms with Crippen LogP contribution in [-0.4, -0.2) is 30.4 Å². The zero-order valence-corrected chi connectivity index (χ0v) is 18.2. The molecule has 1 saturated heterocycles. The third-order valence-electron chi connectivity index (χ3n) is 5.63. The normalized spacial score (nSPS) is 15.4. The molecule has 6 heteroatoms. The maximum absolute atomic E-state index is 13.0. The van der Waals surface area contributed by atoms with Crippen LogP contribution in [0.5, 0.6) is 5.75 Å². The van der Waals surface area contributed by atoms with Gasteiger partial charge < -0.3 is 14.5 Å². The maximum Gasteiger partial charge on any atom is 0.255 e. The summed E-state index contributed by atoms with van der Waals surface area (Å²) in [6.07, 6.45) is 5.28. The molecule has 1 amide bonds. The van der Waals surface area contributed by atoms with Crippen LogP contribution in [-0.2, 0) is 6.61 Å². The van der Waals surface area contributed by atoms with Gasteiger partial charge in [0.1, 0.15) is 18.1 Å². The predicted molar refractivity (Wildman–Crippen MR) is 121 cm³/mol. The highest BCUT2D eigenvalue weighted by Crippen LogP contribution is 2.26. The van der Waals surface area contributed by atoms with E-state index in [9.17, 15) is 4.79 Å². The van der Waals surface area contributed by atoms with Crippen molar-refractivity contribution in [3.63, 3.8) is 0 Å². The van der Waals surface area contributed by atoms with Gasteiger partial charge in [-0.05, 0) is 56.3 Å². The van der Waals surface area contributed by atoms with Crippen LogP contribution in [0.15, 0.2) is 71.3 Å². The number of benzene rings is 2. The van der Waals surface area contributed by atoms with Gasteiger partial charge in [-0.2, -0.15) is 0 Å². The Bertz CT molecular complexity index is 984. The van der Waals surface area contributed by atoms with E-state index in [2.05, 4.69) is 10.2 Å². The number of nitrogens with one attached hydrogen (secondary N) is 1. The van der Waals surface area contributed by atoms with Gasteiger partial charge in [0, 0.05) is 17.1 Å². The van der Waals surface area contributed by atoms with Gasteiger partial charge in [-0.15, -0.1) is 0 Å². The Labute approximate surface area is 188 Å². The first-order chi connectivity index (χ1) is 15.2. The summed E-state index contributed by atoms with van der Waals surface area (Å²) in [6.45, 7) is 2.80. The van der Waals surface area contributed by atoms with Gasteiger partial charge in [0.2, 0.25) is 0 Å². The SMILES string of the molecule is O=C(NCC(c1ccco1)N1CCCCC1)c1ccccc1OCc1ccccc1Cl. The number of piperidine rings is 1. The van der Waals surface area contributed by atoms with Crippen LogP contribution in [0.25, 0.3) is 0 Å². The van der Waals surface area contributed by atoms with Crippen LogP contribution in [0.1, 0.15) is 47.0 Å². The lowest BCUT2D eigenvalue weighted by atomic mass is 10.1. The second-order valence-corrected chi connectivity index (χ2v) is 8.12. The third kappa shape index (κ3) is 5.49. The lowest BCUT2D eigenvalue weighted by molar-refractivity contribution is 0.0910. The lowest BCUT2D eigenvalue weighted by Crippen LogP contribution is -2.40. The Kier molecular flexibility index (Phi) is 7.28. The monoisotopic (exact) mass is 438 g/mol. The molecular formula is C25H27ClN2O3. The number of amides is 1. The van der Waals surface area contributed by atoms with E-state index >= 15 is 0 Å². The summed E-state index contributed by atoms with van der Waals surface area (Å²) in [5.41, 5.74) is 1.38. The minimum atomic E-state index is -0.164. The quantitative estimate of drug-likeness (QED) is 0.506. The van der Waals surface area contributed by atoms with Crippen LogP contribution < -0.4 is 10.1 Å². The highest BCUT2D eigenvalue weighted by atomic mass is 35.5. The number of furan rings is 1. The fourth-order valence-corrected chi connectivity index (χ4v) is 4.15. The van der Waals surface area contributed by atoms with Crippen molar-refractivity contribution in [3.8, 4) is 5.75 Å². The van der Waals surface area contributed by atoms with E-state index in [-0.39, 0.29) is 11.9 Å². The molecule has 4 rings (SSSR count). The second kappa shape index (κ2) is 10.5. The first-order valence-corrected chi connectivity index (χ1v) is 11.1. The fraction of sp³-hybridized carbons (Fsp3) is 0.320. The van der Waals surface area contributed by atoms with Gasteiger partial charge in [-0.1, -0.05) is 48.4 Å². The van der Waals surface area contributed by atoms with Gasteiger partial charge in [0.15, 0.2) is 0 Å². The molecule has 0 spiro atoms. The average molecular weight is 439 g/mol. The van der Waals surface area contributed by atoms with E-state index < -0.39 is 0 Å². The molecule has 1 unspecified atom stereocenters. The first-order valence-electron chi connectivity index (χ1n) is 10.7. The molecule has 1 N–H and O–H groups in total. The highest BCUT2D eigenvalue weighted by molar-refractivity contribution is 6.31. The molecule has 31 heavy (non-hydrogen) atoms. The van der Waals surface area contributed by atoms with Crippen molar-refractivity contribution >= 4 is 17.5 Å². The Hall–Kier alpha value is -2.76. The smallest absolute Gasteiger partial charge is 0.255 e. The average Bonchev–Trinajstić information content (AvgIpc) is 3.34. The van der Waals surface area contributed by atoms with Gasteiger partial charge in [0.25, 0.3) is 5.91 Å². The van der Waals surface area contributed by atoms with E-state index in [0.717, 1.165) is 24.4 Å². The van der Waals surface area contributed by atoms with E-state index in [4.69, 9.17) is 20.8 Å². The largest absolute Gasteiger partial charge is 0.488 e. The molecule has 1 aliphatic rings. The zero-order chi connectivity index (χ0) is 21.5. The molecule has 1 aliphatic heterocycles. The van der Waals surface area contributed by atoms with Gasteiger partial charge in [-0.25, -0.2) is 0 Å². The fourth-order valence-electron chi connectivity index (χ4n) is 3.96. The van der Waals surface area contributed by atoms with E-state index in [1.807, 2.05) is 48.5 Å². The molecule has 0 saturated carbocycles. The molecule has 1 fully saturated rings. The number of hydrogen-bond acceptors (Lipinski definition) is 4. The number of carbonyl (C=O) groups is 1. The van der Waals surface area contributed by atoms with Gasteiger partial charge >= 0.3 is 0 Å². The lowest BCUT2D eigenvalue weighted by Gasteiger charge is -2.33. The molecule has 162 valence electrons. The van der Waals surface area contributed by atoms with Crippen molar-refractivity contribution < 1.29 is 13.9 Å². The maximum atomic E-state index is 13.0. The number of carbonyl (C=O) groups excluding carboxylic acids is 1. The molecule has 2 aromatic carbocycles. The molecule has 0 radical (unpaired) electrons. The summed E-state index contributed by atoms with van der Waals surface area (Å²) in [7, 11) is 0. The van der Waals surface area contributed by atoms with E-state index in [0.29, 0.717) is 29.5 Å². The predicted octanol–water partition coefficient (Wildman–Crippen LogP) is 5.47. The summed E-state index contributed by atoms with van der Waals surface area (Å²) < 4.78 is 11.6. The Morgan fingerprint density at radius 2 is 1.81 bits per heavy atom. The number of rotatable bonds is 8. The minimum absolute atomic E-state index is 0.0236. The molecule has 1 aromatic heterocycles. The van der Waals surface area contributed by atoms with Gasteiger partial charge in [-0.3, -0.25) is 9.69 Å². The van der Waals surface area contributed by atoms with Crippen molar-refractivity contribution in [1.29, 1.82) is 0 Å². The number of likely N-dealkylation sites (tertiary alicyclic amines) is 1. The number of halogens is 1. The van der Waals surface area contributed by atoms with Crippen LogP contribution in [0.3, 0.4) is 0 Å². The number of para-hydroxylation sites is 1. The molecule has 5 nitrogen and oxygen atoms in total. The van der Waals surface area contributed by atoms with Crippen molar-refractivity contribution in [2.75, 3.05) is 19.6 Å². The topological polar surface area (TPSA) is 54.7 Å². The van der Waals surface area contributed by atoms with Crippen molar-refractivity contribution in [2.45, 2.75) is 31.9 Å². The summed E-state index contributed by atoms with van der Waals surface area (Å²) in [5.74, 6) is 1.25. The highest BCUT2D eigenvalue weighted by Gasteiger charge is 2.25. The third-order valence-corrected chi connectivity index (χ3v) is 6.00. The molecule has 0 aliphatic carbocycles. The first kappa shape index (κ1) is 21.5. The number of hydrogen-bond donors (Lipinski definition) is 1. The number of nitrogens with zero attached hydrogens (tertiary/aromatic N) is 1. The summed E-state index contributed by atoms with van der Waals surface area (Å²) in [4.78, 5) is 15.4. The van der Waals surface area contributed by atoms with Crippen molar-refractivity contribution in [1.82, 2.24) is 10.2 Å². The van der Waals surface area contributed by atoms with E-state index in [1.165, 1.54) is 19.3 Å².